The summed E-state index contributed by atoms with van der Waals surface area (Å²) in [5, 5.41) is 0. The molecule has 0 heterocycles. The zero-order valence-electron chi connectivity index (χ0n) is 20.5. The highest BCUT2D eigenvalue weighted by Crippen LogP contribution is 2.68. The van der Waals surface area contributed by atoms with Crippen LogP contribution in [-0.2, 0) is 4.74 Å². The fourth-order valence-electron chi connectivity index (χ4n) is 9.61. The monoisotopic (exact) mass is 402 g/mol. The first-order chi connectivity index (χ1) is 13.8. The predicted molar refractivity (Wildman–Crippen MR) is 124 cm³/mol. The molecule has 29 heavy (non-hydrogen) atoms. The van der Waals surface area contributed by atoms with E-state index < -0.39 is 0 Å². The van der Waals surface area contributed by atoms with Crippen molar-refractivity contribution in [1.29, 1.82) is 0 Å². The van der Waals surface area contributed by atoms with E-state index in [1.54, 1.807) is 0 Å². The van der Waals surface area contributed by atoms with Crippen LogP contribution in [0.2, 0.25) is 0 Å². The summed E-state index contributed by atoms with van der Waals surface area (Å²) < 4.78 is 6.21. The predicted octanol–water partition coefficient (Wildman–Crippen LogP) is 8.12. The molecule has 0 N–H and O–H groups in total. The SMILES string of the molecule is COC1CC2C3CCC(C(C)CCCC(C)C)C3(C)CCC2C2(C)CCCCC12. The van der Waals surface area contributed by atoms with Gasteiger partial charge in [0.15, 0.2) is 0 Å². The summed E-state index contributed by atoms with van der Waals surface area (Å²) in [4.78, 5) is 0. The summed E-state index contributed by atoms with van der Waals surface area (Å²) in [5.74, 6) is 6.47. The highest BCUT2D eigenvalue weighted by molar-refractivity contribution is 5.11. The van der Waals surface area contributed by atoms with Gasteiger partial charge in [-0.1, -0.05) is 66.7 Å². The van der Waals surface area contributed by atoms with Gasteiger partial charge in [-0.3, -0.25) is 0 Å². The summed E-state index contributed by atoms with van der Waals surface area (Å²) in [7, 11) is 2.01. The summed E-state index contributed by atoms with van der Waals surface area (Å²) >= 11 is 0. The molecule has 0 aromatic heterocycles. The minimum absolute atomic E-state index is 0.534. The molecule has 4 fully saturated rings. The lowest BCUT2D eigenvalue weighted by Crippen LogP contribution is -2.57. The average Bonchev–Trinajstić information content (AvgIpc) is 3.04. The topological polar surface area (TPSA) is 9.23 Å². The quantitative estimate of drug-likeness (QED) is 0.436. The first-order valence-corrected chi connectivity index (χ1v) is 13.3. The van der Waals surface area contributed by atoms with Gasteiger partial charge in [0.2, 0.25) is 0 Å². The molecule has 0 saturated heterocycles. The summed E-state index contributed by atoms with van der Waals surface area (Å²) in [5.41, 5.74) is 1.17. The van der Waals surface area contributed by atoms with Crippen LogP contribution in [0.5, 0.6) is 0 Å². The molecule has 4 rings (SSSR count). The van der Waals surface area contributed by atoms with Crippen molar-refractivity contribution in [2.75, 3.05) is 7.11 Å². The van der Waals surface area contributed by atoms with Gasteiger partial charge in [-0.15, -0.1) is 0 Å². The maximum absolute atomic E-state index is 6.21. The molecule has 9 unspecified atom stereocenters. The smallest absolute Gasteiger partial charge is 0.0607 e. The van der Waals surface area contributed by atoms with Crippen molar-refractivity contribution in [3.05, 3.63) is 0 Å². The second-order valence-electron chi connectivity index (χ2n) is 12.8. The Balaban J connectivity index is 1.51. The van der Waals surface area contributed by atoms with E-state index in [1.165, 1.54) is 77.0 Å². The molecule has 4 saturated carbocycles. The minimum Gasteiger partial charge on any atom is -0.381 e. The molecular weight excluding hydrogens is 352 g/mol. The molecule has 0 aliphatic heterocycles. The van der Waals surface area contributed by atoms with Crippen molar-refractivity contribution in [1.82, 2.24) is 0 Å². The zero-order chi connectivity index (χ0) is 20.8. The van der Waals surface area contributed by atoms with Gasteiger partial charge in [0.05, 0.1) is 6.10 Å². The largest absolute Gasteiger partial charge is 0.381 e. The van der Waals surface area contributed by atoms with Crippen LogP contribution >= 0.6 is 0 Å². The third-order valence-corrected chi connectivity index (χ3v) is 11.1. The maximum atomic E-state index is 6.21. The molecular formula is C28H50O. The van der Waals surface area contributed by atoms with Gasteiger partial charge in [-0.25, -0.2) is 0 Å². The van der Waals surface area contributed by atoms with E-state index in [2.05, 4.69) is 34.6 Å². The van der Waals surface area contributed by atoms with E-state index in [0.29, 0.717) is 16.9 Å². The highest BCUT2D eigenvalue weighted by atomic mass is 16.5. The van der Waals surface area contributed by atoms with Crippen LogP contribution in [-0.4, -0.2) is 13.2 Å². The van der Waals surface area contributed by atoms with Crippen molar-refractivity contribution in [2.45, 2.75) is 118 Å². The van der Waals surface area contributed by atoms with Crippen LogP contribution < -0.4 is 0 Å². The molecule has 9 atom stereocenters. The Kier molecular flexibility index (Phi) is 6.48. The maximum Gasteiger partial charge on any atom is 0.0607 e. The Hall–Kier alpha value is -0.0400. The molecule has 4 aliphatic carbocycles. The van der Waals surface area contributed by atoms with Crippen molar-refractivity contribution in [3.63, 3.8) is 0 Å². The number of hydrogen-bond acceptors (Lipinski definition) is 1. The average molecular weight is 403 g/mol. The van der Waals surface area contributed by atoms with Gasteiger partial charge in [0, 0.05) is 7.11 Å². The van der Waals surface area contributed by atoms with Gasteiger partial charge >= 0.3 is 0 Å². The molecule has 0 bridgehead atoms. The number of methoxy groups -OCH3 is 1. The number of rotatable bonds is 6. The Morgan fingerprint density at radius 3 is 2.31 bits per heavy atom. The van der Waals surface area contributed by atoms with Crippen LogP contribution in [0.25, 0.3) is 0 Å². The third-order valence-electron chi connectivity index (χ3n) is 11.1. The minimum atomic E-state index is 0.534. The van der Waals surface area contributed by atoms with Crippen LogP contribution in [0.1, 0.15) is 112 Å². The molecule has 0 radical (unpaired) electrons. The lowest BCUT2D eigenvalue weighted by atomic mass is 9.44. The van der Waals surface area contributed by atoms with E-state index in [-0.39, 0.29) is 0 Å². The second kappa shape index (κ2) is 8.48. The molecule has 1 nitrogen and oxygen atoms in total. The van der Waals surface area contributed by atoms with E-state index in [1.807, 2.05) is 7.11 Å². The first kappa shape index (κ1) is 22.2. The van der Waals surface area contributed by atoms with Gasteiger partial charge in [-0.2, -0.15) is 0 Å². The molecule has 1 heteroatoms. The molecule has 0 amide bonds. The van der Waals surface area contributed by atoms with Crippen LogP contribution in [0, 0.1) is 52.3 Å². The van der Waals surface area contributed by atoms with Gasteiger partial charge < -0.3 is 4.74 Å². The van der Waals surface area contributed by atoms with E-state index >= 15 is 0 Å². The molecule has 4 aliphatic rings. The lowest BCUT2D eigenvalue weighted by molar-refractivity contribution is -0.167. The van der Waals surface area contributed by atoms with E-state index in [9.17, 15) is 0 Å². The van der Waals surface area contributed by atoms with Crippen LogP contribution in [0.4, 0.5) is 0 Å². The Labute approximate surface area is 182 Å². The third kappa shape index (κ3) is 3.74. The highest BCUT2D eigenvalue weighted by Gasteiger charge is 2.62. The molecule has 168 valence electrons. The molecule has 0 aromatic carbocycles. The number of hydrogen-bond donors (Lipinski definition) is 0. The van der Waals surface area contributed by atoms with Gasteiger partial charge in [-0.05, 0) is 97.2 Å². The van der Waals surface area contributed by atoms with Crippen molar-refractivity contribution in [3.8, 4) is 0 Å². The fourth-order valence-corrected chi connectivity index (χ4v) is 9.61. The van der Waals surface area contributed by atoms with Gasteiger partial charge in [0.25, 0.3) is 0 Å². The molecule has 0 spiro atoms. The standard InChI is InChI=1S/C28H50O/c1-19(2)10-9-11-20(3)22-13-14-23-21-18-26(29-6)25-12-7-8-16-27(25,4)24(21)15-17-28(22,23)5/h19-26H,7-18H2,1-6H3. The Bertz CT molecular complexity index is 555. The second-order valence-corrected chi connectivity index (χ2v) is 12.8. The van der Waals surface area contributed by atoms with E-state index in [0.717, 1.165) is 41.4 Å². The normalized spacial score (nSPS) is 48.1. The van der Waals surface area contributed by atoms with Gasteiger partial charge in [0.1, 0.15) is 0 Å². The fraction of sp³-hybridized carbons (Fsp3) is 1.00. The van der Waals surface area contributed by atoms with Crippen LogP contribution in [0.3, 0.4) is 0 Å². The summed E-state index contributed by atoms with van der Waals surface area (Å²) in [6.45, 7) is 12.8. The van der Waals surface area contributed by atoms with Crippen molar-refractivity contribution < 1.29 is 4.74 Å². The first-order valence-electron chi connectivity index (χ1n) is 13.3. The lowest BCUT2D eigenvalue weighted by Gasteiger charge is -2.62. The number of fused-ring (bicyclic) bond motifs is 5. The Morgan fingerprint density at radius 2 is 1.59 bits per heavy atom. The number of ether oxygens (including phenoxy) is 1. The van der Waals surface area contributed by atoms with Crippen molar-refractivity contribution in [2.24, 2.45) is 52.3 Å². The molecule has 0 aromatic rings. The van der Waals surface area contributed by atoms with Crippen molar-refractivity contribution >= 4 is 0 Å². The van der Waals surface area contributed by atoms with E-state index in [4.69, 9.17) is 4.74 Å². The van der Waals surface area contributed by atoms with Crippen LogP contribution in [0.15, 0.2) is 0 Å². The zero-order valence-corrected chi connectivity index (χ0v) is 20.5. The summed E-state index contributed by atoms with van der Waals surface area (Å²) in [6.07, 6.45) is 18.0. The Morgan fingerprint density at radius 1 is 0.828 bits per heavy atom. The summed E-state index contributed by atoms with van der Waals surface area (Å²) in [6, 6.07) is 0.